The SMILES string of the molecule is COc1ccc(-c2ccc(CCC(=O)N3CCCCC3)o2)cc1. The molecule has 1 aliphatic heterocycles. The van der Waals surface area contributed by atoms with Gasteiger partial charge in [-0.2, -0.15) is 0 Å². The molecule has 0 bridgehead atoms. The van der Waals surface area contributed by atoms with E-state index in [1.54, 1.807) is 7.11 Å². The van der Waals surface area contributed by atoms with Gasteiger partial charge < -0.3 is 14.1 Å². The molecule has 0 N–H and O–H groups in total. The van der Waals surface area contributed by atoms with Crippen molar-refractivity contribution in [1.29, 1.82) is 0 Å². The molecule has 0 radical (unpaired) electrons. The Morgan fingerprint density at radius 3 is 2.52 bits per heavy atom. The number of amides is 1. The van der Waals surface area contributed by atoms with Crippen molar-refractivity contribution in [2.45, 2.75) is 32.1 Å². The fourth-order valence-corrected chi connectivity index (χ4v) is 2.95. The van der Waals surface area contributed by atoms with E-state index in [-0.39, 0.29) is 5.91 Å². The van der Waals surface area contributed by atoms with Crippen molar-refractivity contribution in [2.75, 3.05) is 20.2 Å². The number of furan rings is 1. The van der Waals surface area contributed by atoms with Gasteiger partial charge in [0.15, 0.2) is 0 Å². The standard InChI is InChI=1S/C19H23NO3/c1-22-16-7-5-15(6-8-16)18-11-9-17(23-18)10-12-19(21)20-13-3-2-4-14-20/h5-9,11H,2-4,10,12-14H2,1H3. The van der Waals surface area contributed by atoms with Crippen molar-refractivity contribution in [3.63, 3.8) is 0 Å². The molecular weight excluding hydrogens is 290 g/mol. The quantitative estimate of drug-likeness (QED) is 0.841. The van der Waals surface area contributed by atoms with Gasteiger partial charge in [-0.05, 0) is 55.7 Å². The number of rotatable bonds is 5. The van der Waals surface area contributed by atoms with Crippen LogP contribution in [0.1, 0.15) is 31.4 Å². The van der Waals surface area contributed by atoms with Gasteiger partial charge in [0.25, 0.3) is 0 Å². The van der Waals surface area contributed by atoms with Crippen LogP contribution in [0.3, 0.4) is 0 Å². The molecule has 1 saturated heterocycles. The van der Waals surface area contributed by atoms with Gasteiger partial charge in [-0.15, -0.1) is 0 Å². The van der Waals surface area contributed by atoms with Gasteiger partial charge in [0, 0.05) is 31.5 Å². The Hall–Kier alpha value is -2.23. The summed E-state index contributed by atoms with van der Waals surface area (Å²) in [6.45, 7) is 1.82. The first-order valence-electron chi connectivity index (χ1n) is 8.27. The summed E-state index contributed by atoms with van der Waals surface area (Å²) in [7, 11) is 1.65. The normalized spacial score (nSPS) is 14.7. The second-order valence-corrected chi connectivity index (χ2v) is 5.94. The average molecular weight is 313 g/mol. The maximum Gasteiger partial charge on any atom is 0.223 e. The van der Waals surface area contributed by atoms with Gasteiger partial charge in [0.2, 0.25) is 5.91 Å². The van der Waals surface area contributed by atoms with E-state index in [0.29, 0.717) is 12.8 Å². The number of hydrogen-bond donors (Lipinski definition) is 0. The highest BCUT2D eigenvalue weighted by atomic mass is 16.5. The van der Waals surface area contributed by atoms with E-state index in [1.165, 1.54) is 6.42 Å². The van der Waals surface area contributed by atoms with Crippen molar-refractivity contribution < 1.29 is 13.9 Å². The van der Waals surface area contributed by atoms with Crippen LogP contribution in [0, 0.1) is 0 Å². The van der Waals surface area contributed by atoms with Crippen molar-refractivity contribution in [1.82, 2.24) is 4.90 Å². The number of aryl methyl sites for hydroxylation is 1. The van der Waals surface area contributed by atoms with Crippen molar-refractivity contribution >= 4 is 5.91 Å². The van der Waals surface area contributed by atoms with E-state index in [4.69, 9.17) is 9.15 Å². The van der Waals surface area contributed by atoms with E-state index in [1.807, 2.05) is 41.3 Å². The van der Waals surface area contributed by atoms with Gasteiger partial charge >= 0.3 is 0 Å². The molecule has 1 amide bonds. The molecule has 0 saturated carbocycles. The fraction of sp³-hybridized carbons (Fsp3) is 0.421. The second kappa shape index (κ2) is 7.36. The summed E-state index contributed by atoms with van der Waals surface area (Å²) in [5, 5.41) is 0. The molecular formula is C19H23NO3. The summed E-state index contributed by atoms with van der Waals surface area (Å²) in [5.74, 6) is 2.76. The fourth-order valence-electron chi connectivity index (χ4n) is 2.95. The van der Waals surface area contributed by atoms with E-state index < -0.39 is 0 Å². The second-order valence-electron chi connectivity index (χ2n) is 5.94. The van der Waals surface area contributed by atoms with Crippen LogP contribution < -0.4 is 4.74 Å². The molecule has 0 spiro atoms. The number of nitrogens with zero attached hydrogens (tertiary/aromatic N) is 1. The van der Waals surface area contributed by atoms with Gasteiger partial charge in [-0.3, -0.25) is 4.79 Å². The number of carbonyl (C=O) groups excluding carboxylic acids is 1. The predicted molar refractivity (Wildman–Crippen MR) is 89.4 cm³/mol. The summed E-state index contributed by atoms with van der Waals surface area (Å²) in [6, 6.07) is 11.7. The van der Waals surface area contributed by atoms with Gasteiger partial charge in [-0.1, -0.05) is 0 Å². The highest BCUT2D eigenvalue weighted by Gasteiger charge is 2.16. The molecule has 1 aromatic carbocycles. The van der Waals surface area contributed by atoms with E-state index in [0.717, 1.165) is 48.8 Å². The topological polar surface area (TPSA) is 42.7 Å². The maximum atomic E-state index is 12.2. The summed E-state index contributed by atoms with van der Waals surface area (Å²) >= 11 is 0. The third-order valence-electron chi connectivity index (χ3n) is 4.33. The van der Waals surface area contributed by atoms with Crippen LogP contribution in [0.25, 0.3) is 11.3 Å². The molecule has 4 heteroatoms. The number of hydrogen-bond acceptors (Lipinski definition) is 3. The van der Waals surface area contributed by atoms with Crippen molar-refractivity contribution in [3.05, 3.63) is 42.2 Å². The van der Waals surface area contributed by atoms with Crippen molar-refractivity contribution in [2.24, 2.45) is 0 Å². The minimum atomic E-state index is 0.243. The highest BCUT2D eigenvalue weighted by molar-refractivity contribution is 5.76. The lowest BCUT2D eigenvalue weighted by Gasteiger charge is -2.26. The van der Waals surface area contributed by atoms with E-state index >= 15 is 0 Å². The molecule has 0 atom stereocenters. The molecule has 1 fully saturated rings. The molecule has 0 unspecified atom stereocenters. The number of methoxy groups -OCH3 is 1. The molecule has 3 rings (SSSR count). The number of ether oxygens (including phenoxy) is 1. The first-order chi connectivity index (χ1) is 11.3. The minimum Gasteiger partial charge on any atom is -0.497 e. The number of carbonyl (C=O) groups is 1. The van der Waals surface area contributed by atoms with E-state index in [9.17, 15) is 4.79 Å². The molecule has 122 valence electrons. The Labute approximate surface area is 137 Å². The lowest BCUT2D eigenvalue weighted by molar-refractivity contribution is -0.132. The number of likely N-dealkylation sites (tertiary alicyclic amines) is 1. The zero-order valence-corrected chi connectivity index (χ0v) is 13.6. The lowest BCUT2D eigenvalue weighted by atomic mass is 10.1. The zero-order valence-electron chi connectivity index (χ0n) is 13.6. The van der Waals surface area contributed by atoms with Gasteiger partial charge in [-0.25, -0.2) is 0 Å². The van der Waals surface area contributed by atoms with Crippen LogP contribution in [0.2, 0.25) is 0 Å². The Balaban J connectivity index is 1.57. The Bertz CT molecular complexity index is 639. The van der Waals surface area contributed by atoms with E-state index in [2.05, 4.69) is 0 Å². The van der Waals surface area contributed by atoms with Crippen LogP contribution in [0.15, 0.2) is 40.8 Å². The number of piperidine rings is 1. The Kier molecular flexibility index (Phi) is 5.01. The lowest BCUT2D eigenvalue weighted by Crippen LogP contribution is -2.35. The average Bonchev–Trinajstić information content (AvgIpc) is 3.09. The third kappa shape index (κ3) is 3.95. The number of benzene rings is 1. The van der Waals surface area contributed by atoms with Crippen LogP contribution in [0.4, 0.5) is 0 Å². The van der Waals surface area contributed by atoms with Crippen LogP contribution in [-0.2, 0) is 11.2 Å². The molecule has 2 heterocycles. The zero-order chi connectivity index (χ0) is 16.1. The molecule has 1 aromatic heterocycles. The van der Waals surface area contributed by atoms with Gasteiger partial charge in [0.1, 0.15) is 17.3 Å². The molecule has 0 aliphatic carbocycles. The van der Waals surface area contributed by atoms with Crippen LogP contribution in [0.5, 0.6) is 5.75 Å². The summed E-state index contributed by atoms with van der Waals surface area (Å²) in [4.78, 5) is 14.2. The Morgan fingerprint density at radius 1 is 1.09 bits per heavy atom. The molecule has 23 heavy (non-hydrogen) atoms. The maximum absolute atomic E-state index is 12.2. The van der Waals surface area contributed by atoms with Crippen LogP contribution >= 0.6 is 0 Å². The van der Waals surface area contributed by atoms with Gasteiger partial charge in [0.05, 0.1) is 7.11 Å². The summed E-state index contributed by atoms with van der Waals surface area (Å²) in [5.41, 5.74) is 1.01. The smallest absolute Gasteiger partial charge is 0.223 e. The molecule has 2 aromatic rings. The minimum absolute atomic E-state index is 0.243. The first-order valence-corrected chi connectivity index (χ1v) is 8.27. The summed E-state index contributed by atoms with van der Waals surface area (Å²) < 4.78 is 11.0. The predicted octanol–water partition coefficient (Wildman–Crippen LogP) is 3.90. The van der Waals surface area contributed by atoms with Crippen molar-refractivity contribution in [3.8, 4) is 17.1 Å². The van der Waals surface area contributed by atoms with Crippen LogP contribution in [-0.4, -0.2) is 31.0 Å². The highest BCUT2D eigenvalue weighted by Crippen LogP contribution is 2.25. The molecule has 1 aliphatic rings. The summed E-state index contributed by atoms with van der Waals surface area (Å²) in [6.07, 6.45) is 4.69. The Morgan fingerprint density at radius 2 is 1.83 bits per heavy atom. The largest absolute Gasteiger partial charge is 0.497 e. The first kappa shape index (κ1) is 15.7. The third-order valence-corrected chi connectivity index (χ3v) is 4.33. The molecule has 4 nitrogen and oxygen atoms in total. The monoisotopic (exact) mass is 313 g/mol.